The lowest BCUT2D eigenvalue weighted by Gasteiger charge is -2.19. The highest BCUT2D eigenvalue weighted by molar-refractivity contribution is 5.97. The number of para-hydroxylation sites is 1. The maximum Gasteiger partial charge on any atom is 0.246 e. The molecule has 0 unspecified atom stereocenters. The second-order valence-electron chi connectivity index (χ2n) is 6.96. The van der Waals surface area contributed by atoms with Gasteiger partial charge in [0.25, 0.3) is 0 Å². The molecular weight excluding hydrogens is 340 g/mol. The van der Waals surface area contributed by atoms with Crippen molar-refractivity contribution in [2.75, 3.05) is 23.8 Å². The fourth-order valence-electron chi connectivity index (χ4n) is 3.07. The van der Waals surface area contributed by atoms with Crippen LogP contribution in [-0.4, -0.2) is 25.2 Å². The van der Waals surface area contributed by atoms with E-state index in [0.717, 1.165) is 35.5 Å². The van der Waals surface area contributed by atoms with E-state index in [2.05, 4.69) is 30.5 Å². The van der Waals surface area contributed by atoms with Crippen LogP contribution in [0, 0.1) is 0 Å². The molecule has 2 N–H and O–H groups in total. The van der Waals surface area contributed by atoms with Crippen LogP contribution in [0.2, 0.25) is 0 Å². The molecule has 5 nitrogen and oxygen atoms in total. The molecule has 0 fully saturated rings. The van der Waals surface area contributed by atoms with Gasteiger partial charge in [-0.2, -0.15) is 0 Å². The predicted molar refractivity (Wildman–Crippen MR) is 109 cm³/mol. The molecule has 0 saturated carbocycles. The lowest BCUT2D eigenvalue weighted by atomic mass is 9.97. The minimum Gasteiger partial charge on any atom is -0.490 e. The molecule has 0 bridgehead atoms. The van der Waals surface area contributed by atoms with Crippen LogP contribution in [0.1, 0.15) is 45.1 Å². The number of nitrogens with one attached hydrogen (secondary N) is 2. The number of anilines is 2. The van der Waals surface area contributed by atoms with E-state index in [9.17, 15) is 4.79 Å². The molecule has 2 aromatic rings. The zero-order valence-corrected chi connectivity index (χ0v) is 16.2. The van der Waals surface area contributed by atoms with E-state index in [1.54, 1.807) is 0 Å². The summed E-state index contributed by atoms with van der Waals surface area (Å²) in [6, 6.07) is 13.3. The Morgan fingerprint density at radius 1 is 1.07 bits per heavy atom. The van der Waals surface area contributed by atoms with Crippen molar-refractivity contribution in [3.63, 3.8) is 0 Å². The van der Waals surface area contributed by atoms with Crippen LogP contribution >= 0.6 is 0 Å². The molecule has 27 heavy (non-hydrogen) atoms. The molecule has 144 valence electrons. The molecule has 2 aromatic carbocycles. The molecule has 1 amide bonds. The number of carbonyl (C=O) groups is 1. The minimum absolute atomic E-state index is 0.0714. The maximum atomic E-state index is 12.7. The highest BCUT2D eigenvalue weighted by Gasteiger charge is 2.17. The van der Waals surface area contributed by atoms with Crippen LogP contribution in [0.4, 0.5) is 11.4 Å². The summed E-state index contributed by atoms with van der Waals surface area (Å²) in [7, 11) is 0. The zero-order chi connectivity index (χ0) is 19.2. The van der Waals surface area contributed by atoms with Gasteiger partial charge in [-0.1, -0.05) is 32.0 Å². The van der Waals surface area contributed by atoms with Gasteiger partial charge in [-0.05, 0) is 43.0 Å². The first-order chi connectivity index (χ1) is 13.1. The summed E-state index contributed by atoms with van der Waals surface area (Å²) in [5, 5.41) is 6.31. The fourth-order valence-corrected chi connectivity index (χ4v) is 3.07. The summed E-state index contributed by atoms with van der Waals surface area (Å²) in [6.07, 6.45) is 1.89. The van der Waals surface area contributed by atoms with Gasteiger partial charge in [-0.25, -0.2) is 0 Å². The highest BCUT2D eigenvalue weighted by Crippen LogP contribution is 2.32. The number of benzene rings is 2. The molecular formula is C22H28N2O3. The van der Waals surface area contributed by atoms with E-state index in [1.807, 2.05) is 43.3 Å². The quantitative estimate of drug-likeness (QED) is 0.769. The average Bonchev–Trinajstić information content (AvgIpc) is 2.92. The van der Waals surface area contributed by atoms with Crippen molar-refractivity contribution < 1.29 is 14.3 Å². The third-order valence-electron chi connectivity index (χ3n) is 4.89. The Hall–Kier alpha value is -2.69. The molecule has 0 saturated heterocycles. The Bertz CT molecular complexity index is 791. The van der Waals surface area contributed by atoms with Crippen LogP contribution in [0.5, 0.6) is 11.5 Å². The minimum atomic E-state index is -0.389. The summed E-state index contributed by atoms with van der Waals surface area (Å²) in [5.41, 5.74) is 2.87. The number of rotatable bonds is 6. The molecule has 1 heterocycles. The van der Waals surface area contributed by atoms with E-state index >= 15 is 0 Å². The second kappa shape index (κ2) is 8.80. The van der Waals surface area contributed by atoms with Crippen LogP contribution in [0.15, 0.2) is 42.5 Å². The van der Waals surface area contributed by atoms with Gasteiger partial charge in [0.15, 0.2) is 11.5 Å². The van der Waals surface area contributed by atoms with Crippen LogP contribution < -0.4 is 20.1 Å². The molecule has 0 aliphatic carbocycles. The normalized spacial score (nSPS) is 15.4. The monoisotopic (exact) mass is 368 g/mol. The number of fused-ring (bicyclic) bond motifs is 1. The van der Waals surface area contributed by atoms with E-state index in [4.69, 9.17) is 9.47 Å². The smallest absolute Gasteiger partial charge is 0.246 e. The van der Waals surface area contributed by atoms with Crippen LogP contribution in [0.25, 0.3) is 0 Å². The number of hydrogen-bond acceptors (Lipinski definition) is 4. The van der Waals surface area contributed by atoms with Gasteiger partial charge >= 0.3 is 0 Å². The molecule has 3 rings (SSSR count). The van der Waals surface area contributed by atoms with Gasteiger partial charge in [-0.3, -0.25) is 4.79 Å². The molecule has 1 aliphatic rings. The Morgan fingerprint density at radius 2 is 1.81 bits per heavy atom. The van der Waals surface area contributed by atoms with Gasteiger partial charge in [0.1, 0.15) is 6.04 Å². The van der Waals surface area contributed by atoms with Crippen molar-refractivity contribution in [3.8, 4) is 11.5 Å². The number of ether oxygens (including phenoxy) is 2. The van der Waals surface area contributed by atoms with Crippen molar-refractivity contribution in [2.24, 2.45) is 0 Å². The lowest BCUT2D eigenvalue weighted by molar-refractivity contribution is -0.116. The van der Waals surface area contributed by atoms with Gasteiger partial charge < -0.3 is 20.1 Å². The van der Waals surface area contributed by atoms with Crippen molar-refractivity contribution in [1.82, 2.24) is 0 Å². The maximum absolute atomic E-state index is 12.7. The number of hydrogen-bond donors (Lipinski definition) is 2. The Balaban J connectivity index is 1.67. The Kier molecular flexibility index (Phi) is 6.22. The SMILES string of the molecule is CC[C@H](C)c1ccccc1NC(=O)[C@@H](C)Nc1ccc2c(c1)OCCCO2. The lowest BCUT2D eigenvalue weighted by Crippen LogP contribution is -2.32. The van der Waals surface area contributed by atoms with E-state index in [1.165, 1.54) is 0 Å². The Labute approximate surface area is 161 Å². The molecule has 0 aromatic heterocycles. The van der Waals surface area contributed by atoms with Gasteiger partial charge in [0.05, 0.1) is 13.2 Å². The van der Waals surface area contributed by atoms with Crippen molar-refractivity contribution in [1.29, 1.82) is 0 Å². The van der Waals surface area contributed by atoms with E-state index in [0.29, 0.717) is 24.9 Å². The average molecular weight is 368 g/mol. The van der Waals surface area contributed by atoms with Crippen LogP contribution in [-0.2, 0) is 4.79 Å². The number of amides is 1. The third kappa shape index (κ3) is 4.73. The summed E-state index contributed by atoms with van der Waals surface area (Å²) in [6.45, 7) is 7.47. The largest absolute Gasteiger partial charge is 0.490 e. The molecule has 2 atom stereocenters. The molecule has 5 heteroatoms. The molecule has 0 spiro atoms. The Morgan fingerprint density at radius 3 is 2.59 bits per heavy atom. The first-order valence-corrected chi connectivity index (χ1v) is 9.64. The number of carbonyl (C=O) groups excluding carboxylic acids is 1. The fraction of sp³-hybridized carbons (Fsp3) is 0.409. The van der Waals surface area contributed by atoms with Crippen molar-refractivity contribution in [3.05, 3.63) is 48.0 Å². The zero-order valence-electron chi connectivity index (χ0n) is 16.2. The predicted octanol–water partition coefficient (Wildman–Crippen LogP) is 4.80. The highest BCUT2D eigenvalue weighted by atomic mass is 16.5. The topological polar surface area (TPSA) is 59.6 Å². The third-order valence-corrected chi connectivity index (χ3v) is 4.89. The summed E-state index contributed by atoms with van der Waals surface area (Å²) in [5.74, 6) is 1.79. The van der Waals surface area contributed by atoms with E-state index in [-0.39, 0.29) is 11.9 Å². The first-order valence-electron chi connectivity index (χ1n) is 9.64. The van der Waals surface area contributed by atoms with Gasteiger partial charge in [-0.15, -0.1) is 0 Å². The van der Waals surface area contributed by atoms with Crippen LogP contribution in [0.3, 0.4) is 0 Å². The standard InChI is InChI=1S/C22H28N2O3/c1-4-15(2)18-8-5-6-9-19(18)24-22(25)16(3)23-17-10-11-20-21(14-17)27-13-7-12-26-20/h5-6,8-11,14-16,23H,4,7,12-13H2,1-3H3,(H,24,25)/t15-,16+/m0/s1. The van der Waals surface area contributed by atoms with E-state index < -0.39 is 0 Å². The summed E-state index contributed by atoms with van der Waals surface area (Å²) in [4.78, 5) is 12.7. The summed E-state index contributed by atoms with van der Waals surface area (Å²) < 4.78 is 11.4. The van der Waals surface area contributed by atoms with Crippen molar-refractivity contribution >= 4 is 17.3 Å². The molecule has 0 radical (unpaired) electrons. The van der Waals surface area contributed by atoms with Crippen molar-refractivity contribution in [2.45, 2.75) is 45.6 Å². The molecule has 1 aliphatic heterocycles. The summed E-state index contributed by atoms with van der Waals surface area (Å²) >= 11 is 0. The van der Waals surface area contributed by atoms with Gasteiger partial charge in [0.2, 0.25) is 5.91 Å². The van der Waals surface area contributed by atoms with Gasteiger partial charge in [0, 0.05) is 23.9 Å². The second-order valence-corrected chi connectivity index (χ2v) is 6.96. The first kappa shape index (κ1) is 19.1.